The number of carboxylic acids is 1. The van der Waals surface area contributed by atoms with Crippen LogP contribution >= 0.6 is 11.6 Å². The maximum atomic E-state index is 13.4. The van der Waals surface area contributed by atoms with E-state index in [1.54, 1.807) is 78.9 Å². The van der Waals surface area contributed by atoms with Gasteiger partial charge in [-0.2, -0.15) is 0 Å². The molecule has 1 atom stereocenters. The average Bonchev–Trinajstić information content (AvgIpc) is 2.69. The first kappa shape index (κ1) is 17.1. The second-order valence-electron chi connectivity index (χ2n) is 6.14. The van der Waals surface area contributed by atoms with Crippen LogP contribution in [0, 0.1) is 0 Å². The van der Waals surface area contributed by atoms with Crippen LogP contribution in [0.25, 0.3) is 0 Å². The van der Waals surface area contributed by atoms with Gasteiger partial charge in [0.05, 0.1) is 16.3 Å². The van der Waals surface area contributed by atoms with Crippen LogP contribution in [0.3, 0.4) is 0 Å². The van der Waals surface area contributed by atoms with Gasteiger partial charge in [0.15, 0.2) is 0 Å². The minimum absolute atomic E-state index is 0.286. The number of aliphatic carboxylic acids is 1. The maximum Gasteiger partial charge on any atom is 0.356 e. The predicted molar refractivity (Wildman–Crippen MR) is 104 cm³/mol. The smallest absolute Gasteiger partial charge is 0.356 e. The third-order valence-corrected chi connectivity index (χ3v) is 4.93. The molecule has 3 aromatic carbocycles. The number of halogens is 1. The van der Waals surface area contributed by atoms with E-state index in [9.17, 15) is 14.7 Å². The zero-order valence-corrected chi connectivity index (χ0v) is 14.9. The van der Waals surface area contributed by atoms with Crippen molar-refractivity contribution >= 4 is 34.9 Å². The van der Waals surface area contributed by atoms with E-state index in [1.165, 1.54) is 4.90 Å². The van der Waals surface area contributed by atoms with Gasteiger partial charge in [-0.15, -0.1) is 0 Å². The summed E-state index contributed by atoms with van der Waals surface area (Å²) in [6.45, 7) is 0. The third-order valence-electron chi connectivity index (χ3n) is 4.61. The van der Waals surface area contributed by atoms with Crippen LogP contribution in [0.1, 0.15) is 15.9 Å². The Bertz CT molecular complexity index is 1040. The molecule has 0 saturated carbocycles. The standard InChI is InChI=1S/C21H15ClN2O3/c22-16-11-5-7-13-18(16)24-19(25)15-10-4-6-12-17(15)23-21(24,20(26)27)14-8-2-1-3-9-14/h1-13,23H,(H,26,27)/t21-/m1/s1. The molecule has 0 radical (unpaired) electrons. The summed E-state index contributed by atoms with van der Waals surface area (Å²) in [5.74, 6) is -1.65. The fraction of sp³-hybridized carbons (Fsp3) is 0.0476. The summed E-state index contributed by atoms with van der Waals surface area (Å²) in [6, 6.07) is 22.1. The summed E-state index contributed by atoms with van der Waals surface area (Å²) in [5.41, 5.74) is -0.266. The number of hydrogen-bond acceptors (Lipinski definition) is 3. The van der Waals surface area contributed by atoms with Gasteiger partial charge in [0.2, 0.25) is 5.66 Å². The van der Waals surface area contributed by atoms with Crippen LogP contribution < -0.4 is 10.2 Å². The Morgan fingerprint density at radius 2 is 1.56 bits per heavy atom. The van der Waals surface area contributed by atoms with E-state index in [-0.39, 0.29) is 5.02 Å². The van der Waals surface area contributed by atoms with Gasteiger partial charge in [-0.25, -0.2) is 4.79 Å². The molecule has 0 aromatic heterocycles. The van der Waals surface area contributed by atoms with E-state index in [2.05, 4.69) is 5.32 Å². The van der Waals surface area contributed by atoms with Crippen LogP contribution in [-0.2, 0) is 10.5 Å². The summed E-state index contributed by atoms with van der Waals surface area (Å²) in [4.78, 5) is 27.3. The van der Waals surface area contributed by atoms with Crippen molar-refractivity contribution < 1.29 is 14.7 Å². The molecule has 1 aliphatic heterocycles. The van der Waals surface area contributed by atoms with Crippen LogP contribution in [0.4, 0.5) is 11.4 Å². The van der Waals surface area contributed by atoms with Crippen molar-refractivity contribution in [3.63, 3.8) is 0 Å². The molecule has 5 nitrogen and oxygen atoms in total. The molecule has 2 N–H and O–H groups in total. The highest BCUT2D eigenvalue weighted by Crippen LogP contribution is 2.43. The lowest BCUT2D eigenvalue weighted by Crippen LogP contribution is -2.62. The monoisotopic (exact) mass is 378 g/mol. The van der Waals surface area contributed by atoms with Crippen LogP contribution in [0.5, 0.6) is 0 Å². The number of carbonyl (C=O) groups excluding carboxylic acids is 1. The molecule has 4 rings (SSSR count). The van der Waals surface area contributed by atoms with Gasteiger partial charge in [0.1, 0.15) is 0 Å². The number of nitrogens with one attached hydrogen (secondary N) is 1. The lowest BCUT2D eigenvalue weighted by atomic mass is 9.91. The van der Waals surface area contributed by atoms with E-state index in [0.29, 0.717) is 22.5 Å². The number of anilines is 2. The Kier molecular flexibility index (Phi) is 4.09. The van der Waals surface area contributed by atoms with Crippen molar-refractivity contribution in [1.29, 1.82) is 0 Å². The fourth-order valence-corrected chi connectivity index (χ4v) is 3.60. The van der Waals surface area contributed by atoms with Crippen molar-refractivity contribution in [2.45, 2.75) is 5.66 Å². The largest absolute Gasteiger partial charge is 0.478 e. The zero-order valence-electron chi connectivity index (χ0n) is 14.1. The van der Waals surface area contributed by atoms with Gasteiger partial charge in [-0.3, -0.25) is 9.69 Å². The number of para-hydroxylation sites is 2. The van der Waals surface area contributed by atoms with Gasteiger partial charge in [-0.05, 0) is 24.3 Å². The van der Waals surface area contributed by atoms with Gasteiger partial charge >= 0.3 is 5.97 Å². The first-order chi connectivity index (χ1) is 13.1. The maximum absolute atomic E-state index is 13.4. The Labute approximate surface area is 160 Å². The van der Waals surface area contributed by atoms with Crippen molar-refractivity contribution in [1.82, 2.24) is 0 Å². The third kappa shape index (κ3) is 2.55. The Balaban J connectivity index is 2.06. The predicted octanol–water partition coefficient (Wildman–Crippen LogP) is 4.35. The van der Waals surface area contributed by atoms with E-state index in [4.69, 9.17) is 11.6 Å². The molecular weight excluding hydrogens is 364 g/mol. The molecular formula is C21H15ClN2O3. The number of amides is 1. The number of carbonyl (C=O) groups is 2. The molecule has 6 heteroatoms. The lowest BCUT2D eigenvalue weighted by Gasteiger charge is -2.45. The van der Waals surface area contributed by atoms with Crippen molar-refractivity contribution in [2.75, 3.05) is 10.2 Å². The summed E-state index contributed by atoms with van der Waals surface area (Å²) in [7, 11) is 0. The number of hydrogen-bond donors (Lipinski definition) is 2. The normalized spacial score (nSPS) is 18.6. The Morgan fingerprint density at radius 1 is 0.926 bits per heavy atom. The van der Waals surface area contributed by atoms with E-state index in [1.807, 2.05) is 0 Å². The minimum Gasteiger partial charge on any atom is -0.478 e. The zero-order chi connectivity index (χ0) is 19.0. The summed E-state index contributed by atoms with van der Waals surface area (Å²) in [6.07, 6.45) is 0. The highest BCUT2D eigenvalue weighted by atomic mass is 35.5. The minimum atomic E-state index is -1.84. The molecule has 0 fully saturated rings. The average molecular weight is 379 g/mol. The summed E-state index contributed by atoms with van der Waals surface area (Å²) < 4.78 is 0. The molecule has 1 heterocycles. The lowest BCUT2D eigenvalue weighted by molar-refractivity contribution is -0.142. The number of nitrogens with zero attached hydrogens (tertiary/aromatic N) is 1. The molecule has 0 aliphatic carbocycles. The number of fused-ring (bicyclic) bond motifs is 1. The Hall–Kier alpha value is -3.31. The molecule has 0 bridgehead atoms. The second kappa shape index (κ2) is 6.45. The van der Waals surface area contributed by atoms with E-state index in [0.717, 1.165) is 0 Å². The summed E-state index contributed by atoms with van der Waals surface area (Å²) in [5, 5.41) is 13.7. The van der Waals surface area contributed by atoms with E-state index < -0.39 is 17.5 Å². The van der Waals surface area contributed by atoms with E-state index >= 15 is 0 Å². The Morgan fingerprint density at radius 3 is 2.26 bits per heavy atom. The number of benzene rings is 3. The van der Waals surface area contributed by atoms with Gasteiger partial charge in [0.25, 0.3) is 5.91 Å². The van der Waals surface area contributed by atoms with Gasteiger partial charge in [-0.1, -0.05) is 66.2 Å². The second-order valence-corrected chi connectivity index (χ2v) is 6.55. The topological polar surface area (TPSA) is 69.6 Å². The van der Waals surface area contributed by atoms with Gasteiger partial charge in [0, 0.05) is 11.3 Å². The van der Waals surface area contributed by atoms with Crippen molar-refractivity contribution in [3.8, 4) is 0 Å². The molecule has 0 saturated heterocycles. The SMILES string of the molecule is O=C1c2ccccc2N[C@](C(=O)O)(c2ccccc2)N1c1ccccc1Cl. The summed E-state index contributed by atoms with van der Waals surface area (Å²) >= 11 is 6.35. The molecule has 1 amide bonds. The molecule has 1 aliphatic rings. The quantitative estimate of drug-likeness (QED) is 0.710. The van der Waals surface area contributed by atoms with Crippen LogP contribution in [0.15, 0.2) is 78.9 Å². The highest BCUT2D eigenvalue weighted by Gasteiger charge is 2.53. The highest BCUT2D eigenvalue weighted by molar-refractivity contribution is 6.34. The van der Waals surface area contributed by atoms with Crippen molar-refractivity contribution in [2.24, 2.45) is 0 Å². The number of rotatable bonds is 3. The van der Waals surface area contributed by atoms with Crippen LogP contribution in [0.2, 0.25) is 5.02 Å². The molecule has 3 aromatic rings. The van der Waals surface area contributed by atoms with Crippen LogP contribution in [-0.4, -0.2) is 17.0 Å². The molecule has 27 heavy (non-hydrogen) atoms. The first-order valence-corrected chi connectivity index (χ1v) is 8.69. The molecule has 134 valence electrons. The molecule has 0 unspecified atom stereocenters. The van der Waals surface area contributed by atoms with Crippen molar-refractivity contribution in [3.05, 3.63) is 95.0 Å². The van der Waals surface area contributed by atoms with Gasteiger partial charge < -0.3 is 10.4 Å². The first-order valence-electron chi connectivity index (χ1n) is 8.31. The number of carboxylic acid groups (broad SMARTS) is 1. The molecule has 0 spiro atoms. The fourth-order valence-electron chi connectivity index (χ4n) is 3.38.